The SMILES string of the molecule is c1ccc(-c2ccc(N(c3ccccc3)c3ccc(-c4cccc5c4oc4cnccc45)cc3)cc2-n2c3ccccc3c3ccccc32)cc1. The van der Waals surface area contributed by atoms with Gasteiger partial charge in [0, 0.05) is 55.9 Å². The molecule has 51 heavy (non-hydrogen) atoms. The standard InChI is InChI=1S/C47H31N3O/c1-3-12-32(13-4-1)37-27-26-36(30-45(37)50-43-20-9-7-16-39(43)40-17-8-10-21-44(40)50)49(34-14-5-2-6-15-34)35-24-22-33(23-25-35)38-18-11-19-42-41-28-29-48-31-46(41)51-47(38)42/h1-31H. The summed E-state index contributed by atoms with van der Waals surface area (Å²) in [4.78, 5) is 6.61. The molecule has 0 fully saturated rings. The van der Waals surface area contributed by atoms with Crippen LogP contribution < -0.4 is 4.90 Å². The van der Waals surface area contributed by atoms with Gasteiger partial charge in [-0.25, -0.2) is 0 Å². The van der Waals surface area contributed by atoms with Gasteiger partial charge in [0.25, 0.3) is 0 Å². The molecule has 4 heteroatoms. The number of furan rings is 1. The van der Waals surface area contributed by atoms with Crippen molar-refractivity contribution in [1.82, 2.24) is 9.55 Å². The van der Waals surface area contributed by atoms with Crippen molar-refractivity contribution in [3.05, 3.63) is 188 Å². The van der Waals surface area contributed by atoms with Gasteiger partial charge >= 0.3 is 0 Å². The molecule has 0 saturated heterocycles. The van der Waals surface area contributed by atoms with Gasteiger partial charge in [-0.1, -0.05) is 121 Å². The topological polar surface area (TPSA) is 34.2 Å². The van der Waals surface area contributed by atoms with Crippen LogP contribution in [0, 0.1) is 0 Å². The van der Waals surface area contributed by atoms with E-state index in [-0.39, 0.29) is 0 Å². The predicted octanol–water partition coefficient (Wildman–Crippen LogP) is 12.9. The third kappa shape index (κ3) is 4.80. The summed E-state index contributed by atoms with van der Waals surface area (Å²) in [6, 6.07) is 62.7. The molecule has 0 radical (unpaired) electrons. The first-order valence-electron chi connectivity index (χ1n) is 17.2. The summed E-state index contributed by atoms with van der Waals surface area (Å²) in [6.07, 6.45) is 3.60. The van der Waals surface area contributed by atoms with E-state index < -0.39 is 0 Å². The number of para-hydroxylation sites is 4. The normalized spacial score (nSPS) is 11.5. The van der Waals surface area contributed by atoms with Crippen molar-refractivity contribution in [3.8, 4) is 27.9 Å². The average Bonchev–Trinajstić information content (AvgIpc) is 3.75. The van der Waals surface area contributed by atoms with E-state index in [0.717, 1.165) is 55.8 Å². The van der Waals surface area contributed by atoms with Crippen molar-refractivity contribution in [3.63, 3.8) is 0 Å². The molecule has 0 unspecified atom stereocenters. The van der Waals surface area contributed by atoms with Gasteiger partial charge in [0.2, 0.25) is 0 Å². The number of pyridine rings is 1. The Kier molecular flexibility index (Phi) is 6.78. The monoisotopic (exact) mass is 653 g/mol. The fraction of sp³-hybridized carbons (Fsp3) is 0. The van der Waals surface area contributed by atoms with Crippen LogP contribution in [0.3, 0.4) is 0 Å². The fourth-order valence-electron chi connectivity index (χ4n) is 7.58. The zero-order chi connectivity index (χ0) is 33.7. The molecular formula is C47H31N3O. The van der Waals surface area contributed by atoms with E-state index >= 15 is 0 Å². The lowest BCUT2D eigenvalue weighted by Crippen LogP contribution is -2.11. The Morgan fingerprint density at radius 3 is 1.80 bits per heavy atom. The van der Waals surface area contributed by atoms with Crippen LogP contribution in [0.15, 0.2) is 193 Å². The highest BCUT2D eigenvalue weighted by Crippen LogP contribution is 2.42. The number of hydrogen-bond donors (Lipinski definition) is 0. The van der Waals surface area contributed by atoms with Gasteiger partial charge in [0.1, 0.15) is 5.58 Å². The molecule has 240 valence electrons. The highest BCUT2D eigenvalue weighted by Gasteiger charge is 2.20. The van der Waals surface area contributed by atoms with Gasteiger partial charge in [-0.15, -0.1) is 0 Å². The maximum absolute atomic E-state index is 6.34. The van der Waals surface area contributed by atoms with Crippen molar-refractivity contribution in [2.75, 3.05) is 4.90 Å². The minimum Gasteiger partial charge on any atom is -0.454 e. The largest absolute Gasteiger partial charge is 0.454 e. The lowest BCUT2D eigenvalue weighted by molar-refractivity contribution is 0.668. The van der Waals surface area contributed by atoms with Gasteiger partial charge in [-0.2, -0.15) is 0 Å². The predicted molar refractivity (Wildman–Crippen MR) is 211 cm³/mol. The van der Waals surface area contributed by atoms with E-state index in [9.17, 15) is 0 Å². The van der Waals surface area contributed by atoms with Crippen LogP contribution in [0.1, 0.15) is 0 Å². The van der Waals surface area contributed by atoms with Crippen LogP contribution in [-0.2, 0) is 0 Å². The molecule has 10 rings (SSSR count). The number of aromatic nitrogens is 2. The smallest absolute Gasteiger partial charge is 0.153 e. The second-order valence-electron chi connectivity index (χ2n) is 12.8. The zero-order valence-corrected chi connectivity index (χ0v) is 27.6. The molecule has 3 aromatic heterocycles. The molecule has 0 amide bonds. The number of benzene rings is 7. The van der Waals surface area contributed by atoms with Crippen molar-refractivity contribution < 1.29 is 4.42 Å². The summed E-state index contributed by atoms with van der Waals surface area (Å²) in [7, 11) is 0. The number of fused-ring (bicyclic) bond motifs is 6. The second kappa shape index (κ2) is 11.9. The van der Waals surface area contributed by atoms with Crippen LogP contribution in [0.5, 0.6) is 0 Å². The third-order valence-corrected chi connectivity index (χ3v) is 9.90. The molecule has 0 N–H and O–H groups in total. The molecule has 10 aromatic rings. The molecule has 3 heterocycles. The first-order valence-corrected chi connectivity index (χ1v) is 17.2. The van der Waals surface area contributed by atoms with Crippen molar-refractivity contribution in [1.29, 1.82) is 0 Å². The Morgan fingerprint density at radius 1 is 0.451 bits per heavy atom. The number of hydrogen-bond acceptors (Lipinski definition) is 3. The van der Waals surface area contributed by atoms with Gasteiger partial charge in [-0.05, 0) is 65.7 Å². The maximum Gasteiger partial charge on any atom is 0.153 e. The molecule has 0 aliphatic rings. The summed E-state index contributed by atoms with van der Waals surface area (Å²) < 4.78 is 8.76. The minimum atomic E-state index is 0.796. The van der Waals surface area contributed by atoms with Crippen LogP contribution in [0.2, 0.25) is 0 Å². The van der Waals surface area contributed by atoms with Gasteiger partial charge in [0.15, 0.2) is 5.58 Å². The van der Waals surface area contributed by atoms with Crippen molar-refractivity contribution in [2.45, 2.75) is 0 Å². The molecule has 0 bridgehead atoms. The van der Waals surface area contributed by atoms with Crippen LogP contribution in [-0.4, -0.2) is 9.55 Å². The highest BCUT2D eigenvalue weighted by atomic mass is 16.3. The Balaban J connectivity index is 1.16. The summed E-state index contributed by atoms with van der Waals surface area (Å²) in [6.45, 7) is 0. The zero-order valence-electron chi connectivity index (χ0n) is 27.6. The fourth-order valence-corrected chi connectivity index (χ4v) is 7.58. The van der Waals surface area contributed by atoms with E-state index in [2.05, 4.69) is 184 Å². The Bertz CT molecular complexity index is 2800. The van der Waals surface area contributed by atoms with Crippen LogP contribution in [0.4, 0.5) is 17.1 Å². The summed E-state index contributed by atoms with van der Waals surface area (Å²) >= 11 is 0. The number of rotatable bonds is 6. The van der Waals surface area contributed by atoms with E-state index in [1.807, 2.05) is 12.3 Å². The van der Waals surface area contributed by atoms with Crippen molar-refractivity contribution >= 4 is 60.8 Å². The third-order valence-electron chi connectivity index (χ3n) is 9.90. The van der Waals surface area contributed by atoms with Gasteiger partial charge in [-0.3, -0.25) is 4.98 Å². The molecule has 0 aliphatic carbocycles. The highest BCUT2D eigenvalue weighted by molar-refractivity contribution is 6.10. The first kappa shape index (κ1) is 29.0. The number of anilines is 3. The quantitative estimate of drug-likeness (QED) is 0.179. The summed E-state index contributed by atoms with van der Waals surface area (Å²) in [5, 5.41) is 4.65. The van der Waals surface area contributed by atoms with E-state index in [1.54, 1.807) is 6.20 Å². The Labute approximate surface area is 295 Å². The summed E-state index contributed by atoms with van der Waals surface area (Å²) in [5.41, 5.74) is 12.9. The molecule has 0 atom stereocenters. The molecule has 0 spiro atoms. The lowest BCUT2D eigenvalue weighted by Gasteiger charge is -2.27. The van der Waals surface area contributed by atoms with E-state index in [4.69, 9.17) is 4.42 Å². The molecule has 4 nitrogen and oxygen atoms in total. The molecular weight excluding hydrogens is 623 g/mol. The number of nitrogens with zero attached hydrogens (tertiary/aromatic N) is 3. The Hall–Kier alpha value is -6.91. The van der Waals surface area contributed by atoms with E-state index in [1.165, 1.54) is 32.9 Å². The first-order chi connectivity index (χ1) is 25.3. The summed E-state index contributed by atoms with van der Waals surface area (Å²) in [5.74, 6) is 0. The lowest BCUT2D eigenvalue weighted by atomic mass is 10.0. The second-order valence-corrected chi connectivity index (χ2v) is 12.8. The van der Waals surface area contributed by atoms with Gasteiger partial charge in [0.05, 0.1) is 22.9 Å². The molecule has 7 aromatic carbocycles. The Morgan fingerprint density at radius 2 is 1.06 bits per heavy atom. The van der Waals surface area contributed by atoms with Crippen LogP contribution >= 0.6 is 0 Å². The molecule has 0 saturated carbocycles. The van der Waals surface area contributed by atoms with Crippen molar-refractivity contribution in [2.24, 2.45) is 0 Å². The van der Waals surface area contributed by atoms with E-state index in [0.29, 0.717) is 0 Å². The molecule has 0 aliphatic heterocycles. The van der Waals surface area contributed by atoms with Crippen LogP contribution in [0.25, 0.3) is 71.7 Å². The average molecular weight is 654 g/mol. The van der Waals surface area contributed by atoms with Gasteiger partial charge < -0.3 is 13.9 Å². The minimum absolute atomic E-state index is 0.796. The maximum atomic E-state index is 6.34.